The second-order valence-electron chi connectivity index (χ2n) is 33.0. The van der Waals surface area contributed by atoms with E-state index in [4.69, 9.17) is 76.6 Å². The summed E-state index contributed by atoms with van der Waals surface area (Å²) in [6, 6.07) is 0. The first kappa shape index (κ1) is 125. The van der Waals surface area contributed by atoms with E-state index in [1.165, 1.54) is 443 Å². The molecule has 114 heavy (non-hydrogen) atoms. The Morgan fingerprint density at radius 3 is 0.272 bits per heavy atom. The molecule has 0 aliphatic rings. The molecule has 0 radical (unpaired) electrons. The summed E-state index contributed by atoms with van der Waals surface area (Å²) >= 11 is 0. The van der Waals surface area contributed by atoms with Gasteiger partial charge in [0, 0.05) is 19.3 Å². The van der Waals surface area contributed by atoms with Crippen molar-refractivity contribution in [2.24, 2.45) is 0 Å². The molecule has 18 heteroatoms. The van der Waals surface area contributed by atoms with Gasteiger partial charge in [0.05, 0.1) is 52.9 Å². The van der Waals surface area contributed by atoms with Gasteiger partial charge >= 0.3 is 17.9 Å². The molecular weight excluding hydrogens is 1440 g/mol. The number of hydrogen-bond acceptors (Lipinski definition) is 15. The summed E-state index contributed by atoms with van der Waals surface area (Å²) < 4.78 is 0. The Balaban J connectivity index is -0.000000261. The zero-order valence-electron chi connectivity index (χ0n) is 75.6. The Labute approximate surface area is 704 Å². The topological polar surface area (TPSA) is 355 Å². The van der Waals surface area contributed by atoms with Crippen LogP contribution in [0.5, 0.6) is 0 Å². The largest absolute Gasteiger partial charge is 0.481 e. The Hall–Kier alpha value is -2.07. The second kappa shape index (κ2) is 122. The summed E-state index contributed by atoms with van der Waals surface area (Å²) in [7, 11) is 0. The predicted molar refractivity (Wildman–Crippen MR) is 481 cm³/mol. The van der Waals surface area contributed by atoms with Gasteiger partial charge in [-0.2, -0.15) is 0 Å². The van der Waals surface area contributed by atoms with E-state index in [1.807, 2.05) is 0 Å². The molecule has 0 rings (SSSR count). The Morgan fingerprint density at radius 2 is 0.219 bits per heavy atom. The van der Waals surface area contributed by atoms with Crippen molar-refractivity contribution in [3.8, 4) is 0 Å². The third kappa shape index (κ3) is 145. The summed E-state index contributed by atoms with van der Waals surface area (Å²) in [5.74, 6) is -1.95. The number of carboxylic acid groups (broad SMARTS) is 3. The number of carbonyl (C=O) groups is 3. The second-order valence-corrected chi connectivity index (χ2v) is 33.0. The zero-order valence-corrected chi connectivity index (χ0v) is 75.6. The van der Waals surface area contributed by atoms with Crippen molar-refractivity contribution in [3.63, 3.8) is 0 Å². The quantitative estimate of drug-likeness (QED) is 0.0252. The van der Waals surface area contributed by atoms with E-state index in [2.05, 4.69) is 20.8 Å². The maximum Gasteiger partial charge on any atom is 0.303 e. The van der Waals surface area contributed by atoms with Crippen molar-refractivity contribution < 1.29 is 91.0 Å². The molecule has 0 unspecified atom stereocenters. The van der Waals surface area contributed by atoms with Crippen molar-refractivity contribution in [2.75, 3.05) is 52.9 Å². The van der Waals surface area contributed by atoms with Gasteiger partial charge in [0.2, 0.25) is 0 Å². The van der Waals surface area contributed by atoms with E-state index >= 15 is 0 Å². The van der Waals surface area contributed by atoms with Gasteiger partial charge in [-0.3, -0.25) is 14.4 Å². The number of unbranched alkanes of at least 4 members (excludes halogenated alkanes) is 72. The van der Waals surface area contributed by atoms with Crippen LogP contribution in [0.2, 0.25) is 0 Å². The fourth-order valence-electron chi connectivity index (χ4n) is 13.5. The monoisotopic (exact) mass is 1640 g/mol. The third-order valence-electron chi connectivity index (χ3n) is 21.2. The van der Waals surface area contributed by atoms with E-state index in [1.54, 1.807) is 0 Å². The summed E-state index contributed by atoms with van der Waals surface area (Å²) in [6.45, 7) is 3.97. The Morgan fingerprint density at radius 1 is 0.149 bits per heavy atom. The molecule has 0 heterocycles. The van der Waals surface area contributed by atoms with E-state index in [0.29, 0.717) is 19.3 Å². The number of aliphatic hydroxyl groups excluding tert-OH is 12. The van der Waals surface area contributed by atoms with Gasteiger partial charge in [-0.15, -0.1) is 0 Å². The number of aliphatic carboxylic acids is 3. The normalized spacial score (nSPS) is 11.0. The SMILES string of the molecule is CCCCCCCCCCCCCCCCCCCCCCCCCCCC(=O)O.CCCCCCCCCCCCCCCCCCCCCCCCCCCC(=O)O.CCCCCCCCCCCCCCCCCCCCCCCCCCCC(=O)O.OCC(O)CO.OCC(O)CO.OCC(O)CO.OCC(O)CO. The summed E-state index contributed by atoms with van der Waals surface area (Å²) in [4.78, 5) is 31.3. The highest BCUT2D eigenvalue weighted by Gasteiger charge is 2.05. The van der Waals surface area contributed by atoms with Gasteiger partial charge in [-0.05, 0) is 19.3 Å². The molecule has 0 amide bonds. The maximum atomic E-state index is 10.4. The molecule has 0 aliphatic carbocycles. The maximum absolute atomic E-state index is 10.4. The van der Waals surface area contributed by atoms with Gasteiger partial charge < -0.3 is 76.6 Å². The minimum absolute atomic E-state index is 0.347. The highest BCUT2D eigenvalue weighted by atomic mass is 16.4. The predicted octanol–water partition coefficient (Wildman–Crippen LogP) is 24.0. The molecule has 0 aromatic rings. The van der Waals surface area contributed by atoms with Crippen LogP contribution in [0.4, 0.5) is 0 Å². The first-order valence-electron chi connectivity index (χ1n) is 48.8. The van der Waals surface area contributed by atoms with Crippen molar-refractivity contribution >= 4 is 17.9 Å². The first-order chi connectivity index (χ1) is 55.5. The zero-order chi connectivity index (χ0) is 85.9. The Bertz CT molecular complexity index is 1440. The minimum Gasteiger partial charge on any atom is -0.481 e. The summed E-state index contributed by atoms with van der Waals surface area (Å²) in [5, 5.41) is 122. The molecule has 18 nitrogen and oxygen atoms in total. The lowest BCUT2D eigenvalue weighted by molar-refractivity contribution is -0.138. The third-order valence-corrected chi connectivity index (χ3v) is 21.2. The fraction of sp³-hybridized carbons (Fsp3) is 0.969. The van der Waals surface area contributed by atoms with Gasteiger partial charge in [0.1, 0.15) is 24.4 Å². The van der Waals surface area contributed by atoms with Gasteiger partial charge in [0.25, 0.3) is 0 Å². The van der Waals surface area contributed by atoms with Gasteiger partial charge in [-0.1, -0.05) is 483 Å². The molecule has 0 spiro atoms. The standard InChI is InChI=1S/3C28H56O2.4C3H8O3/c3*1-2-3-4-5-6-7-8-9-10-11-12-13-14-15-16-17-18-19-20-21-22-23-24-25-26-27-28(29)30;4*4-1-3(6)2-5/h3*2-27H2,1H3,(H,29,30);4*3-6H,1-2H2. The average molecular weight is 1640 g/mol. The van der Waals surface area contributed by atoms with Crippen LogP contribution >= 0.6 is 0 Å². The van der Waals surface area contributed by atoms with Crippen molar-refractivity contribution in [3.05, 3.63) is 0 Å². The molecule has 0 saturated heterocycles. The minimum atomic E-state index is -0.954. The van der Waals surface area contributed by atoms with E-state index in [-0.39, 0.29) is 52.9 Å². The summed E-state index contributed by atoms with van der Waals surface area (Å²) in [6.07, 6.45) is 101. The van der Waals surface area contributed by atoms with Crippen LogP contribution in [0.25, 0.3) is 0 Å². The molecule has 0 aliphatic heterocycles. The molecule has 0 atom stereocenters. The molecule has 0 aromatic heterocycles. The number of hydrogen-bond donors (Lipinski definition) is 15. The van der Waals surface area contributed by atoms with Crippen LogP contribution in [0.3, 0.4) is 0 Å². The number of aliphatic hydroxyl groups is 12. The van der Waals surface area contributed by atoms with Crippen LogP contribution in [0.15, 0.2) is 0 Å². The summed E-state index contributed by atoms with van der Waals surface area (Å²) in [5.41, 5.74) is 0. The molecule has 0 bridgehead atoms. The van der Waals surface area contributed by atoms with Gasteiger partial charge in [0.15, 0.2) is 0 Å². The van der Waals surface area contributed by atoms with E-state index in [9.17, 15) is 14.4 Å². The highest BCUT2D eigenvalue weighted by Crippen LogP contribution is 2.21. The average Bonchev–Trinajstić information content (AvgIpc) is 1.56. The molecule has 15 N–H and O–H groups in total. The number of carboxylic acids is 3. The van der Waals surface area contributed by atoms with Crippen LogP contribution in [0, 0.1) is 0 Å². The van der Waals surface area contributed by atoms with Crippen molar-refractivity contribution in [2.45, 2.75) is 546 Å². The molecular formula is C96H200O18. The number of rotatable bonds is 86. The Kier molecular flexibility index (Phi) is 134. The van der Waals surface area contributed by atoms with Crippen molar-refractivity contribution in [1.29, 1.82) is 0 Å². The molecule has 692 valence electrons. The molecule has 0 saturated carbocycles. The lowest BCUT2D eigenvalue weighted by Gasteiger charge is -2.04. The van der Waals surface area contributed by atoms with E-state index < -0.39 is 42.3 Å². The first-order valence-corrected chi connectivity index (χ1v) is 48.8. The van der Waals surface area contributed by atoms with Crippen LogP contribution in [0.1, 0.15) is 522 Å². The lowest BCUT2D eigenvalue weighted by atomic mass is 10.0. The van der Waals surface area contributed by atoms with Crippen molar-refractivity contribution in [1.82, 2.24) is 0 Å². The fourth-order valence-corrected chi connectivity index (χ4v) is 13.5. The molecule has 0 fully saturated rings. The van der Waals surface area contributed by atoms with Crippen LogP contribution < -0.4 is 0 Å². The molecule has 0 aromatic carbocycles. The van der Waals surface area contributed by atoms with Gasteiger partial charge in [-0.25, -0.2) is 0 Å². The lowest BCUT2D eigenvalue weighted by Crippen LogP contribution is -2.15. The smallest absolute Gasteiger partial charge is 0.303 e. The highest BCUT2D eigenvalue weighted by molar-refractivity contribution is 5.67. The van der Waals surface area contributed by atoms with Crippen LogP contribution in [-0.4, -0.2) is 172 Å². The van der Waals surface area contributed by atoms with E-state index in [0.717, 1.165) is 38.5 Å². The van der Waals surface area contributed by atoms with Crippen LogP contribution in [-0.2, 0) is 14.4 Å².